The van der Waals surface area contributed by atoms with Gasteiger partial charge in [-0.2, -0.15) is 5.26 Å². The third kappa shape index (κ3) is 6.39. The molecule has 1 N–H and O–H groups in total. The molecule has 0 aromatic heterocycles. The monoisotopic (exact) mass is 506 g/mol. The van der Waals surface area contributed by atoms with Crippen molar-refractivity contribution in [3.63, 3.8) is 0 Å². The molecule has 0 heterocycles. The van der Waals surface area contributed by atoms with E-state index in [1.165, 1.54) is 6.08 Å². The molecule has 1 amide bonds. The number of nitrogens with zero attached hydrogens (tertiary/aromatic N) is 1. The summed E-state index contributed by atoms with van der Waals surface area (Å²) < 4.78 is 17.4. The van der Waals surface area contributed by atoms with Crippen LogP contribution in [0.1, 0.15) is 26.3 Å². The van der Waals surface area contributed by atoms with Gasteiger partial charge in [0.2, 0.25) is 0 Å². The molecule has 2 aromatic rings. The minimum atomic E-state index is -0.492. The molecule has 0 radical (unpaired) electrons. The van der Waals surface area contributed by atoms with Crippen molar-refractivity contribution in [3.8, 4) is 23.3 Å². The third-order valence-electron chi connectivity index (χ3n) is 3.70. The Hall–Kier alpha value is -2.73. The lowest BCUT2D eigenvalue weighted by atomic mass is 10.1. The quantitative estimate of drug-likeness (QED) is 0.309. The second kappa shape index (κ2) is 10.7. The van der Waals surface area contributed by atoms with E-state index in [2.05, 4.69) is 27.9 Å². The summed E-state index contributed by atoms with van der Waals surface area (Å²) in [4.78, 5) is 12.5. The lowest BCUT2D eigenvalue weighted by molar-refractivity contribution is -0.112. The Labute approximate surface area is 184 Å². The molecule has 7 heteroatoms. The molecular weight excluding hydrogens is 483 g/mol. The topological polar surface area (TPSA) is 80.6 Å². The summed E-state index contributed by atoms with van der Waals surface area (Å²) in [5, 5.41) is 12.2. The minimum Gasteiger partial charge on any atom is -0.494 e. The van der Waals surface area contributed by atoms with E-state index in [9.17, 15) is 10.1 Å². The van der Waals surface area contributed by atoms with Crippen LogP contribution in [0.25, 0.3) is 6.08 Å². The fourth-order valence-electron chi connectivity index (χ4n) is 2.49. The molecule has 0 atom stereocenters. The number of amides is 1. The Balaban J connectivity index is 2.25. The van der Waals surface area contributed by atoms with Gasteiger partial charge in [0.25, 0.3) is 5.91 Å². The number of ether oxygens (including phenoxy) is 3. The standard InChI is InChI=1S/C22H23IN2O4/c1-5-28-18-8-6-17(7-9-18)25-22(26)16(13-24)10-15-11-19(23)21(29-14(2)3)20(12-15)27-4/h6-12,14H,5H2,1-4H3,(H,25,26)/b16-10+. The van der Waals surface area contributed by atoms with Crippen molar-refractivity contribution < 1.29 is 19.0 Å². The molecule has 0 aliphatic heterocycles. The molecule has 6 nitrogen and oxygen atoms in total. The maximum atomic E-state index is 12.5. The highest BCUT2D eigenvalue weighted by atomic mass is 127. The van der Waals surface area contributed by atoms with Gasteiger partial charge in [0, 0.05) is 5.69 Å². The lowest BCUT2D eigenvalue weighted by Gasteiger charge is -2.16. The first-order valence-corrected chi connectivity index (χ1v) is 10.2. The number of halogens is 1. The Morgan fingerprint density at radius 1 is 1.28 bits per heavy atom. The van der Waals surface area contributed by atoms with Crippen LogP contribution in [-0.4, -0.2) is 25.7 Å². The number of anilines is 1. The Morgan fingerprint density at radius 2 is 1.97 bits per heavy atom. The van der Waals surface area contributed by atoms with Gasteiger partial charge in [0.15, 0.2) is 11.5 Å². The zero-order valence-corrected chi connectivity index (χ0v) is 18.9. The zero-order valence-electron chi connectivity index (χ0n) is 16.8. The molecule has 0 fully saturated rings. The van der Waals surface area contributed by atoms with Crippen LogP contribution in [-0.2, 0) is 4.79 Å². The van der Waals surface area contributed by atoms with Crippen molar-refractivity contribution >= 4 is 40.3 Å². The predicted molar refractivity (Wildman–Crippen MR) is 121 cm³/mol. The second-order valence-electron chi connectivity index (χ2n) is 6.28. The van der Waals surface area contributed by atoms with E-state index in [1.807, 2.05) is 32.9 Å². The number of hydrogen-bond donors (Lipinski definition) is 1. The van der Waals surface area contributed by atoms with Gasteiger partial charge in [-0.25, -0.2) is 0 Å². The first-order chi connectivity index (χ1) is 13.9. The number of hydrogen-bond acceptors (Lipinski definition) is 5. The Morgan fingerprint density at radius 3 is 2.52 bits per heavy atom. The van der Waals surface area contributed by atoms with E-state index in [0.29, 0.717) is 35.1 Å². The molecule has 0 bridgehead atoms. The van der Waals surface area contributed by atoms with Crippen LogP contribution in [0, 0.1) is 14.9 Å². The summed E-state index contributed by atoms with van der Waals surface area (Å²) in [6.07, 6.45) is 1.52. The number of methoxy groups -OCH3 is 1. The van der Waals surface area contributed by atoms with Gasteiger partial charge >= 0.3 is 0 Å². The van der Waals surface area contributed by atoms with Gasteiger partial charge in [-0.1, -0.05) is 0 Å². The molecule has 0 unspecified atom stereocenters. The highest BCUT2D eigenvalue weighted by molar-refractivity contribution is 14.1. The second-order valence-corrected chi connectivity index (χ2v) is 7.44. The molecule has 0 aliphatic rings. The largest absolute Gasteiger partial charge is 0.494 e. The maximum absolute atomic E-state index is 12.5. The Kier molecular flexibility index (Phi) is 8.34. The Bertz CT molecular complexity index is 931. The first-order valence-electron chi connectivity index (χ1n) is 9.08. The van der Waals surface area contributed by atoms with Crippen molar-refractivity contribution in [1.82, 2.24) is 0 Å². The van der Waals surface area contributed by atoms with Crippen molar-refractivity contribution in [2.24, 2.45) is 0 Å². The summed E-state index contributed by atoms with van der Waals surface area (Å²) in [6.45, 7) is 6.33. The molecule has 2 rings (SSSR count). The minimum absolute atomic E-state index is 0.00614. The van der Waals surface area contributed by atoms with E-state index >= 15 is 0 Å². The van der Waals surface area contributed by atoms with E-state index in [0.717, 1.165) is 3.57 Å². The van der Waals surface area contributed by atoms with E-state index < -0.39 is 5.91 Å². The van der Waals surface area contributed by atoms with E-state index in [1.54, 1.807) is 37.4 Å². The van der Waals surface area contributed by atoms with Crippen molar-refractivity contribution in [1.29, 1.82) is 5.26 Å². The van der Waals surface area contributed by atoms with Crippen LogP contribution in [0.3, 0.4) is 0 Å². The van der Waals surface area contributed by atoms with Gasteiger partial charge in [-0.3, -0.25) is 4.79 Å². The first kappa shape index (κ1) is 22.6. The summed E-state index contributed by atoms with van der Waals surface area (Å²) in [5.74, 6) is 1.40. The van der Waals surface area contributed by atoms with Crippen LogP contribution in [0.15, 0.2) is 42.0 Å². The van der Waals surface area contributed by atoms with Crippen LogP contribution in [0.4, 0.5) is 5.69 Å². The summed E-state index contributed by atoms with van der Waals surface area (Å²) in [7, 11) is 1.55. The van der Waals surface area contributed by atoms with Crippen molar-refractivity contribution in [2.75, 3.05) is 19.0 Å². The average molecular weight is 506 g/mol. The van der Waals surface area contributed by atoms with Crippen LogP contribution >= 0.6 is 22.6 Å². The van der Waals surface area contributed by atoms with Gasteiger partial charge < -0.3 is 19.5 Å². The van der Waals surface area contributed by atoms with E-state index in [4.69, 9.17) is 14.2 Å². The molecule has 0 aliphatic carbocycles. The highest BCUT2D eigenvalue weighted by Gasteiger charge is 2.15. The van der Waals surface area contributed by atoms with Crippen molar-refractivity contribution in [2.45, 2.75) is 26.9 Å². The number of rotatable bonds is 8. The number of carbonyl (C=O) groups is 1. The van der Waals surface area contributed by atoms with Gasteiger partial charge in [0.1, 0.15) is 17.4 Å². The van der Waals surface area contributed by atoms with Crippen molar-refractivity contribution in [3.05, 3.63) is 51.1 Å². The predicted octanol–water partition coefficient (Wildman–Crippen LogP) is 5.03. The number of benzene rings is 2. The highest BCUT2D eigenvalue weighted by Crippen LogP contribution is 2.35. The summed E-state index contributed by atoms with van der Waals surface area (Å²) in [6, 6.07) is 12.5. The third-order valence-corrected chi connectivity index (χ3v) is 4.51. The zero-order chi connectivity index (χ0) is 21.4. The fourth-order valence-corrected chi connectivity index (χ4v) is 3.24. The average Bonchev–Trinajstić information content (AvgIpc) is 2.69. The molecule has 152 valence electrons. The number of nitrogens with one attached hydrogen (secondary N) is 1. The molecule has 29 heavy (non-hydrogen) atoms. The molecule has 0 spiro atoms. The molecule has 0 saturated carbocycles. The molecule has 2 aromatic carbocycles. The normalized spacial score (nSPS) is 11.0. The molecule has 0 saturated heterocycles. The SMILES string of the molecule is CCOc1ccc(NC(=O)/C(C#N)=C/c2cc(I)c(OC(C)C)c(OC)c2)cc1. The van der Waals surface area contributed by atoms with Crippen LogP contribution in [0.2, 0.25) is 0 Å². The summed E-state index contributed by atoms with van der Waals surface area (Å²) in [5.41, 5.74) is 1.22. The van der Waals surface area contributed by atoms with Crippen LogP contribution in [0.5, 0.6) is 17.2 Å². The fraction of sp³-hybridized carbons (Fsp3) is 0.273. The maximum Gasteiger partial charge on any atom is 0.266 e. The van der Waals surface area contributed by atoms with Gasteiger partial charge in [-0.05, 0) is 91.4 Å². The van der Waals surface area contributed by atoms with Crippen LogP contribution < -0.4 is 19.5 Å². The number of nitriles is 1. The van der Waals surface area contributed by atoms with Gasteiger partial charge in [0.05, 0.1) is 23.4 Å². The van der Waals surface area contributed by atoms with E-state index in [-0.39, 0.29) is 11.7 Å². The number of carbonyl (C=O) groups excluding carboxylic acids is 1. The molecular formula is C22H23IN2O4. The smallest absolute Gasteiger partial charge is 0.266 e. The van der Waals surface area contributed by atoms with Gasteiger partial charge in [-0.15, -0.1) is 0 Å². The summed E-state index contributed by atoms with van der Waals surface area (Å²) >= 11 is 2.14. The lowest BCUT2D eigenvalue weighted by Crippen LogP contribution is -2.13.